The summed E-state index contributed by atoms with van der Waals surface area (Å²) >= 11 is 12.1. The molecule has 0 bridgehead atoms. The van der Waals surface area contributed by atoms with E-state index in [-0.39, 0.29) is 20.8 Å². The Hall–Kier alpha value is -3.18. The highest BCUT2D eigenvalue weighted by Gasteiger charge is 2.23. The summed E-state index contributed by atoms with van der Waals surface area (Å²) in [6, 6.07) is 12.8. The van der Waals surface area contributed by atoms with Crippen LogP contribution in [0.3, 0.4) is 0 Å². The molecule has 2 aromatic heterocycles. The minimum absolute atomic E-state index is 0.0447. The molecule has 1 saturated heterocycles. The van der Waals surface area contributed by atoms with Crippen molar-refractivity contribution in [1.29, 1.82) is 0 Å². The SMILES string of the molecule is CCN1CCC(CNC(=O)c2cc(-c3ccc(NS(=O)(=O)c4cccc(Cl)c4Cl)cc3)nc3[nH]ncc23)C1. The van der Waals surface area contributed by atoms with Crippen LogP contribution in [0.1, 0.15) is 23.7 Å². The molecule has 0 saturated carbocycles. The number of rotatable bonds is 8. The molecule has 1 fully saturated rings. The number of fused-ring (bicyclic) bond motifs is 1. The monoisotopic (exact) mass is 572 g/mol. The van der Waals surface area contributed by atoms with Crippen LogP contribution in [0.4, 0.5) is 5.69 Å². The molecular formula is C26H26Cl2N6O3S. The van der Waals surface area contributed by atoms with Gasteiger partial charge in [-0.3, -0.25) is 14.6 Å². The zero-order valence-electron chi connectivity index (χ0n) is 20.5. The van der Waals surface area contributed by atoms with Crippen molar-refractivity contribution in [3.05, 3.63) is 70.3 Å². The summed E-state index contributed by atoms with van der Waals surface area (Å²) in [6.45, 7) is 5.81. The smallest absolute Gasteiger partial charge is 0.263 e. The molecule has 198 valence electrons. The average molecular weight is 574 g/mol. The summed E-state index contributed by atoms with van der Waals surface area (Å²) in [5.74, 6) is 0.246. The van der Waals surface area contributed by atoms with E-state index < -0.39 is 10.0 Å². The summed E-state index contributed by atoms with van der Waals surface area (Å²) < 4.78 is 28.2. The molecule has 3 N–H and O–H groups in total. The van der Waals surface area contributed by atoms with E-state index >= 15 is 0 Å². The van der Waals surface area contributed by atoms with E-state index in [1.54, 1.807) is 36.5 Å². The Morgan fingerprint density at radius 1 is 1.18 bits per heavy atom. The first kappa shape index (κ1) is 26.4. The third-order valence-corrected chi connectivity index (χ3v) is 9.03. The van der Waals surface area contributed by atoms with Gasteiger partial charge in [-0.2, -0.15) is 5.10 Å². The molecular weight excluding hydrogens is 547 g/mol. The Labute approximate surface area is 230 Å². The van der Waals surface area contributed by atoms with Crippen molar-refractivity contribution < 1.29 is 13.2 Å². The van der Waals surface area contributed by atoms with Crippen LogP contribution in [-0.2, 0) is 10.0 Å². The first-order chi connectivity index (χ1) is 18.2. The summed E-state index contributed by atoms with van der Waals surface area (Å²) in [5.41, 5.74) is 2.56. The van der Waals surface area contributed by atoms with Crippen molar-refractivity contribution in [2.24, 2.45) is 5.92 Å². The fourth-order valence-electron chi connectivity index (χ4n) is 4.57. The van der Waals surface area contributed by atoms with Crippen LogP contribution in [0.25, 0.3) is 22.3 Å². The highest BCUT2D eigenvalue weighted by Crippen LogP contribution is 2.31. The number of likely N-dealkylation sites (tertiary alicyclic amines) is 1. The van der Waals surface area contributed by atoms with E-state index in [1.807, 2.05) is 0 Å². The predicted molar refractivity (Wildman–Crippen MR) is 149 cm³/mol. The number of pyridine rings is 1. The number of sulfonamides is 1. The van der Waals surface area contributed by atoms with Crippen LogP contribution in [0, 0.1) is 5.92 Å². The summed E-state index contributed by atoms with van der Waals surface area (Å²) in [5, 5.41) is 10.7. The molecule has 38 heavy (non-hydrogen) atoms. The molecule has 0 radical (unpaired) electrons. The summed E-state index contributed by atoms with van der Waals surface area (Å²) in [4.78, 5) is 20.0. The van der Waals surface area contributed by atoms with Crippen molar-refractivity contribution in [3.63, 3.8) is 0 Å². The number of carbonyl (C=O) groups excluding carboxylic acids is 1. The number of nitrogens with zero attached hydrogens (tertiary/aromatic N) is 3. The average Bonchev–Trinajstić information content (AvgIpc) is 3.58. The van der Waals surface area contributed by atoms with E-state index in [2.05, 4.69) is 37.0 Å². The Kier molecular flexibility index (Phi) is 7.58. The molecule has 1 atom stereocenters. The van der Waals surface area contributed by atoms with E-state index in [9.17, 15) is 13.2 Å². The van der Waals surface area contributed by atoms with Crippen LogP contribution in [0.2, 0.25) is 10.0 Å². The lowest BCUT2D eigenvalue weighted by molar-refractivity contribution is 0.0949. The normalized spacial score (nSPS) is 16.1. The molecule has 0 aliphatic carbocycles. The molecule has 9 nitrogen and oxygen atoms in total. The van der Waals surface area contributed by atoms with E-state index in [4.69, 9.17) is 23.2 Å². The van der Waals surface area contributed by atoms with Crippen molar-refractivity contribution in [1.82, 2.24) is 25.4 Å². The number of benzene rings is 2. The largest absolute Gasteiger partial charge is 0.352 e. The quantitative estimate of drug-likeness (QED) is 0.279. The number of amides is 1. The molecule has 1 aliphatic heterocycles. The lowest BCUT2D eigenvalue weighted by Gasteiger charge is -2.14. The molecule has 1 amide bonds. The molecule has 1 unspecified atom stereocenters. The van der Waals surface area contributed by atoms with Gasteiger partial charge < -0.3 is 10.2 Å². The molecule has 4 aromatic rings. The maximum atomic E-state index is 13.2. The van der Waals surface area contributed by atoms with E-state index in [0.717, 1.165) is 26.1 Å². The lowest BCUT2D eigenvalue weighted by Crippen LogP contribution is -2.31. The molecule has 5 rings (SSSR count). The minimum Gasteiger partial charge on any atom is -0.352 e. The topological polar surface area (TPSA) is 120 Å². The third-order valence-electron chi connectivity index (χ3n) is 6.67. The maximum absolute atomic E-state index is 13.2. The fourth-order valence-corrected chi connectivity index (χ4v) is 6.40. The summed E-state index contributed by atoms with van der Waals surface area (Å²) in [6.07, 6.45) is 2.66. The Morgan fingerprint density at radius 3 is 2.71 bits per heavy atom. The molecule has 3 heterocycles. The Bertz CT molecular complexity index is 1590. The first-order valence-corrected chi connectivity index (χ1v) is 14.4. The summed E-state index contributed by atoms with van der Waals surface area (Å²) in [7, 11) is -3.95. The standard InChI is InChI=1S/C26H26Cl2N6O3S/c1-2-34-11-10-16(15-34)13-29-26(35)19-12-22(31-25-20(19)14-30-32-25)17-6-8-18(9-7-17)33-38(36,37)23-5-3-4-21(27)24(23)28/h3-9,12,14,16,33H,2,10-11,13,15H2,1H3,(H,29,35)(H,30,31,32). The number of hydrogen-bond donors (Lipinski definition) is 3. The van der Waals surface area contributed by atoms with Gasteiger partial charge in [0.25, 0.3) is 15.9 Å². The van der Waals surface area contributed by atoms with Crippen molar-refractivity contribution in [2.45, 2.75) is 18.2 Å². The number of aromatic amines is 1. The van der Waals surface area contributed by atoms with E-state index in [1.165, 1.54) is 18.2 Å². The number of hydrogen-bond acceptors (Lipinski definition) is 6. The predicted octanol–water partition coefficient (Wildman–Crippen LogP) is 4.80. The maximum Gasteiger partial charge on any atom is 0.263 e. The zero-order valence-corrected chi connectivity index (χ0v) is 22.9. The van der Waals surface area contributed by atoms with E-state index in [0.29, 0.717) is 46.0 Å². The fraction of sp³-hybridized carbons (Fsp3) is 0.269. The number of anilines is 1. The van der Waals surface area contributed by atoms with Gasteiger partial charge in [-0.15, -0.1) is 0 Å². The lowest BCUT2D eigenvalue weighted by atomic mass is 10.1. The van der Waals surface area contributed by atoms with Crippen LogP contribution >= 0.6 is 23.2 Å². The second-order valence-corrected chi connectivity index (χ2v) is 11.6. The number of carbonyl (C=O) groups is 1. The van der Waals surface area contributed by atoms with Gasteiger partial charge in [0.1, 0.15) is 4.90 Å². The van der Waals surface area contributed by atoms with Gasteiger partial charge in [0.15, 0.2) is 5.65 Å². The highest BCUT2D eigenvalue weighted by atomic mass is 35.5. The van der Waals surface area contributed by atoms with Crippen molar-refractivity contribution >= 4 is 55.9 Å². The second kappa shape index (κ2) is 10.9. The van der Waals surface area contributed by atoms with Crippen molar-refractivity contribution in [2.75, 3.05) is 30.9 Å². The Balaban J connectivity index is 1.35. The van der Waals surface area contributed by atoms with Gasteiger partial charge in [-0.25, -0.2) is 13.4 Å². The van der Waals surface area contributed by atoms with Crippen molar-refractivity contribution in [3.8, 4) is 11.3 Å². The van der Waals surface area contributed by atoms with Crippen LogP contribution in [0.15, 0.2) is 59.6 Å². The molecule has 1 aliphatic rings. The van der Waals surface area contributed by atoms with Crippen LogP contribution in [-0.4, -0.2) is 60.6 Å². The van der Waals surface area contributed by atoms with Gasteiger partial charge in [0.2, 0.25) is 0 Å². The van der Waals surface area contributed by atoms with Gasteiger partial charge in [-0.05, 0) is 55.8 Å². The Morgan fingerprint density at radius 2 is 1.97 bits per heavy atom. The van der Waals surface area contributed by atoms with Gasteiger partial charge >= 0.3 is 0 Å². The number of aromatic nitrogens is 3. The molecule has 12 heteroatoms. The first-order valence-electron chi connectivity index (χ1n) is 12.2. The second-order valence-electron chi connectivity index (χ2n) is 9.18. The van der Waals surface area contributed by atoms with Gasteiger partial charge in [0.05, 0.1) is 32.9 Å². The van der Waals surface area contributed by atoms with Gasteiger partial charge in [0, 0.05) is 24.3 Å². The number of H-pyrrole nitrogens is 1. The third kappa shape index (κ3) is 5.49. The zero-order chi connectivity index (χ0) is 26.9. The highest BCUT2D eigenvalue weighted by molar-refractivity contribution is 7.92. The van der Waals surface area contributed by atoms with Gasteiger partial charge in [-0.1, -0.05) is 48.3 Å². The number of halogens is 2. The molecule has 0 spiro atoms. The minimum atomic E-state index is -3.95. The molecule has 2 aromatic carbocycles. The number of nitrogens with one attached hydrogen (secondary N) is 3. The van der Waals surface area contributed by atoms with Crippen LogP contribution in [0.5, 0.6) is 0 Å². The van der Waals surface area contributed by atoms with Crippen LogP contribution < -0.4 is 10.0 Å².